The van der Waals surface area contributed by atoms with Crippen molar-refractivity contribution in [3.8, 4) is 11.1 Å². The van der Waals surface area contributed by atoms with Crippen molar-refractivity contribution in [2.75, 3.05) is 6.61 Å². The summed E-state index contributed by atoms with van der Waals surface area (Å²) < 4.78 is 6.02. The first kappa shape index (κ1) is 19.8. The number of hydrogen-bond donors (Lipinski definition) is 0. The second-order valence-corrected chi connectivity index (χ2v) is 9.89. The number of ether oxygens (including phenoxy) is 1. The number of hydrogen-bond acceptors (Lipinski definition) is 2. The highest BCUT2D eigenvalue weighted by molar-refractivity contribution is 5.80. The minimum atomic E-state index is -0.162. The lowest BCUT2D eigenvalue weighted by atomic mass is 9.90. The molecule has 2 aliphatic carbocycles. The standard InChI is InChI=1S/C31H27NO2/c33-31(34-19-30-28-11-3-1-9-26(28)27-10-2-4-12-29(27)30)32-22-15-16-23(32)18-21(17-22)25-14-6-8-20-7-5-13-24(20)25/h1-12,14,17,22-23,30H,13,15-16,18-19H2. The van der Waals surface area contributed by atoms with Gasteiger partial charge in [-0.25, -0.2) is 4.79 Å². The molecule has 0 radical (unpaired) electrons. The van der Waals surface area contributed by atoms with Crippen molar-refractivity contribution in [2.24, 2.45) is 0 Å². The van der Waals surface area contributed by atoms with Gasteiger partial charge in [0.1, 0.15) is 6.61 Å². The zero-order valence-corrected chi connectivity index (χ0v) is 19.1. The molecule has 3 heteroatoms. The molecule has 2 aliphatic heterocycles. The zero-order valence-electron chi connectivity index (χ0n) is 19.1. The third-order valence-corrected chi connectivity index (χ3v) is 8.12. The van der Waals surface area contributed by atoms with Crippen molar-refractivity contribution in [1.29, 1.82) is 0 Å². The minimum Gasteiger partial charge on any atom is -0.448 e. The predicted octanol–water partition coefficient (Wildman–Crippen LogP) is 6.83. The first-order valence-electron chi connectivity index (χ1n) is 12.4. The van der Waals surface area contributed by atoms with E-state index in [2.05, 4.69) is 85.0 Å². The van der Waals surface area contributed by atoms with Crippen LogP contribution < -0.4 is 0 Å². The van der Waals surface area contributed by atoms with Gasteiger partial charge in [-0.05, 0) is 70.2 Å². The molecule has 2 unspecified atom stereocenters. The smallest absolute Gasteiger partial charge is 0.410 e. The number of rotatable bonds is 3. The van der Waals surface area contributed by atoms with Crippen LogP contribution in [-0.4, -0.2) is 29.7 Å². The maximum Gasteiger partial charge on any atom is 0.410 e. The third kappa shape index (κ3) is 3.00. The Labute approximate surface area is 200 Å². The topological polar surface area (TPSA) is 29.5 Å². The van der Waals surface area contributed by atoms with E-state index in [-0.39, 0.29) is 24.1 Å². The van der Waals surface area contributed by atoms with E-state index in [1.54, 1.807) is 0 Å². The first-order valence-corrected chi connectivity index (χ1v) is 12.4. The van der Waals surface area contributed by atoms with Crippen molar-refractivity contribution in [2.45, 2.75) is 43.7 Å². The summed E-state index contributed by atoms with van der Waals surface area (Å²) in [6.07, 6.45) is 10.6. The van der Waals surface area contributed by atoms with Gasteiger partial charge in [-0.3, -0.25) is 4.90 Å². The van der Waals surface area contributed by atoms with Gasteiger partial charge in [-0.1, -0.05) is 85.0 Å². The van der Waals surface area contributed by atoms with E-state index < -0.39 is 0 Å². The number of benzene rings is 3. The molecule has 3 nitrogen and oxygen atoms in total. The van der Waals surface area contributed by atoms with Crippen LogP contribution >= 0.6 is 0 Å². The van der Waals surface area contributed by atoms with Gasteiger partial charge in [0.05, 0.1) is 6.04 Å². The fourth-order valence-corrected chi connectivity index (χ4v) is 6.58. The summed E-state index contributed by atoms with van der Waals surface area (Å²) in [5.41, 5.74) is 10.6. The van der Waals surface area contributed by atoms with Gasteiger partial charge >= 0.3 is 6.09 Å². The van der Waals surface area contributed by atoms with Crippen molar-refractivity contribution >= 4 is 17.7 Å². The zero-order chi connectivity index (χ0) is 22.6. The maximum absolute atomic E-state index is 13.3. The molecular formula is C31H27NO2. The van der Waals surface area contributed by atoms with Crippen LogP contribution in [0.2, 0.25) is 0 Å². The van der Waals surface area contributed by atoms with Gasteiger partial charge in [-0.2, -0.15) is 0 Å². The molecule has 3 aromatic carbocycles. The van der Waals surface area contributed by atoms with E-state index in [4.69, 9.17) is 4.74 Å². The summed E-state index contributed by atoms with van der Waals surface area (Å²) in [4.78, 5) is 15.3. The van der Waals surface area contributed by atoms with Gasteiger partial charge in [0.2, 0.25) is 0 Å². The fraction of sp³-hybridized carbons (Fsp3) is 0.258. The highest BCUT2D eigenvalue weighted by Crippen LogP contribution is 2.45. The molecule has 0 aromatic heterocycles. The lowest BCUT2D eigenvalue weighted by molar-refractivity contribution is 0.0866. The molecule has 1 saturated heterocycles. The molecule has 1 amide bonds. The average molecular weight is 446 g/mol. The molecule has 2 bridgehead atoms. The molecule has 168 valence electrons. The van der Waals surface area contributed by atoms with Gasteiger partial charge in [-0.15, -0.1) is 0 Å². The molecule has 7 rings (SSSR count). The molecule has 0 spiro atoms. The number of amides is 1. The van der Waals surface area contributed by atoms with Crippen molar-refractivity contribution < 1.29 is 9.53 Å². The lowest BCUT2D eigenvalue weighted by Gasteiger charge is -2.34. The summed E-state index contributed by atoms with van der Waals surface area (Å²) in [5.74, 6) is 0.101. The molecule has 3 aromatic rings. The molecular weight excluding hydrogens is 418 g/mol. The molecule has 2 heterocycles. The Bertz CT molecular complexity index is 1320. The summed E-state index contributed by atoms with van der Waals surface area (Å²) in [6, 6.07) is 24.0. The van der Waals surface area contributed by atoms with Crippen LogP contribution in [-0.2, 0) is 11.2 Å². The van der Waals surface area contributed by atoms with E-state index >= 15 is 0 Å². The Hall–Kier alpha value is -3.59. The van der Waals surface area contributed by atoms with Gasteiger partial charge in [0.25, 0.3) is 0 Å². The SMILES string of the molecule is O=C(OCC1c2ccccc2-c2ccccc21)N1C2C=C(c3cccc4c3CC=C4)CC1CC2. The summed E-state index contributed by atoms with van der Waals surface area (Å²) in [7, 11) is 0. The first-order chi connectivity index (χ1) is 16.8. The van der Waals surface area contributed by atoms with Crippen molar-refractivity contribution in [1.82, 2.24) is 4.90 Å². The number of allylic oxidation sites excluding steroid dienone is 1. The summed E-state index contributed by atoms with van der Waals surface area (Å²) in [6.45, 7) is 0.386. The average Bonchev–Trinajstić information content (AvgIpc) is 3.55. The molecule has 0 saturated carbocycles. The van der Waals surface area contributed by atoms with E-state index in [1.165, 1.54) is 44.5 Å². The highest BCUT2D eigenvalue weighted by Gasteiger charge is 2.41. The van der Waals surface area contributed by atoms with Crippen LogP contribution in [0, 0.1) is 0 Å². The molecule has 1 fully saturated rings. The largest absolute Gasteiger partial charge is 0.448 e. The van der Waals surface area contributed by atoms with Crippen LogP contribution in [0.4, 0.5) is 4.79 Å². The predicted molar refractivity (Wildman–Crippen MR) is 135 cm³/mol. The van der Waals surface area contributed by atoms with E-state index in [9.17, 15) is 4.79 Å². The van der Waals surface area contributed by atoms with Gasteiger partial charge in [0.15, 0.2) is 0 Å². The second-order valence-electron chi connectivity index (χ2n) is 9.89. The Morgan fingerprint density at radius 2 is 1.62 bits per heavy atom. The van der Waals surface area contributed by atoms with Crippen LogP contribution in [0.15, 0.2) is 78.9 Å². The quantitative estimate of drug-likeness (QED) is 0.442. The van der Waals surface area contributed by atoms with Crippen LogP contribution in [0.25, 0.3) is 22.8 Å². The van der Waals surface area contributed by atoms with Gasteiger partial charge in [0, 0.05) is 12.0 Å². The van der Waals surface area contributed by atoms with Crippen LogP contribution in [0.3, 0.4) is 0 Å². The lowest BCUT2D eigenvalue weighted by Crippen LogP contribution is -2.43. The molecule has 0 N–H and O–H groups in total. The van der Waals surface area contributed by atoms with Gasteiger partial charge < -0.3 is 4.74 Å². The van der Waals surface area contributed by atoms with Crippen LogP contribution in [0.1, 0.15) is 53.0 Å². The normalized spacial score (nSPS) is 21.8. The summed E-state index contributed by atoms with van der Waals surface area (Å²) in [5, 5.41) is 0. The van der Waals surface area contributed by atoms with E-state index in [1.807, 2.05) is 4.90 Å². The van der Waals surface area contributed by atoms with Crippen molar-refractivity contribution in [3.63, 3.8) is 0 Å². The van der Waals surface area contributed by atoms with E-state index in [0.29, 0.717) is 6.61 Å². The van der Waals surface area contributed by atoms with E-state index in [0.717, 1.165) is 25.7 Å². The Morgan fingerprint density at radius 3 is 2.38 bits per heavy atom. The maximum atomic E-state index is 13.3. The third-order valence-electron chi connectivity index (χ3n) is 8.12. The molecule has 4 aliphatic rings. The minimum absolute atomic E-state index is 0.101. The highest BCUT2D eigenvalue weighted by atomic mass is 16.6. The number of carbonyl (C=O) groups is 1. The monoisotopic (exact) mass is 445 g/mol. The Morgan fingerprint density at radius 1 is 0.882 bits per heavy atom. The molecule has 34 heavy (non-hydrogen) atoms. The number of fused-ring (bicyclic) bond motifs is 6. The fourth-order valence-electron chi connectivity index (χ4n) is 6.58. The number of nitrogens with zero attached hydrogens (tertiary/aromatic N) is 1. The van der Waals surface area contributed by atoms with Crippen LogP contribution in [0.5, 0.6) is 0 Å². The second kappa shape index (κ2) is 7.73. The van der Waals surface area contributed by atoms with Crippen molar-refractivity contribution in [3.05, 3.63) is 107 Å². The molecule has 2 atom stereocenters. The Balaban J connectivity index is 1.11. The Kier molecular flexibility index (Phi) is 4.51. The number of carbonyl (C=O) groups excluding carboxylic acids is 1. The summed E-state index contributed by atoms with van der Waals surface area (Å²) >= 11 is 0.